The van der Waals surface area contributed by atoms with Gasteiger partial charge in [0.2, 0.25) is 21.8 Å². The second-order valence-corrected chi connectivity index (χ2v) is 12.7. The maximum absolute atomic E-state index is 13.8. The number of halogens is 1. The highest BCUT2D eigenvalue weighted by atomic mass is 79.9. The largest absolute Gasteiger partial charge is 0.354 e. The van der Waals surface area contributed by atoms with Crippen LogP contribution in [-0.2, 0) is 32.6 Å². The van der Waals surface area contributed by atoms with E-state index in [1.54, 1.807) is 17.0 Å². The number of hydrogen-bond donors (Lipinski definition) is 1. The summed E-state index contributed by atoms with van der Waals surface area (Å²) >= 11 is 3.50. The van der Waals surface area contributed by atoms with Gasteiger partial charge in [-0.05, 0) is 54.7 Å². The molecule has 0 fully saturated rings. The fourth-order valence-corrected chi connectivity index (χ4v) is 6.05. The summed E-state index contributed by atoms with van der Waals surface area (Å²) in [5.74, 6) is -0.405. The van der Waals surface area contributed by atoms with Crippen LogP contribution < -0.4 is 9.62 Å². The molecule has 0 aliphatic heterocycles. The summed E-state index contributed by atoms with van der Waals surface area (Å²) in [5.41, 5.74) is 3.28. The lowest BCUT2D eigenvalue weighted by Gasteiger charge is -2.32. The minimum atomic E-state index is -3.55. The topological polar surface area (TPSA) is 86.8 Å². The highest BCUT2D eigenvalue weighted by Crippen LogP contribution is 2.23. The van der Waals surface area contributed by atoms with Gasteiger partial charge < -0.3 is 10.2 Å². The maximum atomic E-state index is 13.8. The number of sulfonamides is 1. The third-order valence-corrected chi connectivity index (χ3v) is 8.27. The number of amides is 2. The van der Waals surface area contributed by atoms with Gasteiger partial charge in [0.1, 0.15) is 6.04 Å². The number of rotatable bonds is 14. The second-order valence-electron chi connectivity index (χ2n) is 9.87. The van der Waals surface area contributed by atoms with E-state index in [0.29, 0.717) is 25.1 Å². The molecule has 2 amide bonds. The number of nitrogens with zero attached hydrogens (tertiary/aromatic N) is 2. The first kappa shape index (κ1) is 31.4. The van der Waals surface area contributed by atoms with E-state index in [0.717, 1.165) is 27.6 Å². The molecule has 7 nitrogen and oxygen atoms in total. The number of hydrogen-bond acceptors (Lipinski definition) is 4. The van der Waals surface area contributed by atoms with Crippen molar-refractivity contribution in [2.45, 2.75) is 52.1 Å². The monoisotopic (exact) mass is 627 g/mol. The van der Waals surface area contributed by atoms with Crippen molar-refractivity contribution < 1.29 is 18.0 Å². The van der Waals surface area contributed by atoms with E-state index in [1.165, 1.54) is 10.6 Å². The second kappa shape index (κ2) is 15.0. The van der Waals surface area contributed by atoms with E-state index in [-0.39, 0.29) is 31.3 Å². The summed E-state index contributed by atoms with van der Waals surface area (Å²) in [7, 11) is -3.55. The number of benzene rings is 3. The van der Waals surface area contributed by atoms with Gasteiger partial charge in [-0.25, -0.2) is 8.42 Å². The smallest absolute Gasteiger partial charge is 0.243 e. The van der Waals surface area contributed by atoms with Crippen molar-refractivity contribution in [2.24, 2.45) is 0 Å². The first-order chi connectivity index (χ1) is 19.1. The van der Waals surface area contributed by atoms with Crippen molar-refractivity contribution >= 4 is 43.5 Å². The molecule has 0 aromatic heterocycles. The average Bonchev–Trinajstić information content (AvgIpc) is 2.92. The molecule has 1 unspecified atom stereocenters. The van der Waals surface area contributed by atoms with Crippen LogP contribution in [-0.4, -0.2) is 50.5 Å². The number of para-hydroxylation sites is 1. The molecule has 0 bridgehead atoms. The molecule has 3 aromatic carbocycles. The van der Waals surface area contributed by atoms with Gasteiger partial charge in [-0.1, -0.05) is 83.5 Å². The highest BCUT2D eigenvalue weighted by molar-refractivity contribution is 9.10. The predicted molar refractivity (Wildman–Crippen MR) is 165 cm³/mol. The summed E-state index contributed by atoms with van der Waals surface area (Å²) in [6.07, 6.45) is 2.73. The first-order valence-electron chi connectivity index (χ1n) is 13.5. The van der Waals surface area contributed by atoms with Crippen LogP contribution in [0, 0.1) is 6.92 Å². The van der Waals surface area contributed by atoms with Crippen LogP contribution in [0.4, 0.5) is 5.69 Å². The van der Waals surface area contributed by atoms with Crippen molar-refractivity contribution in [3.8, 4) is 0 Å². The zero-order chi connectivity index (χ0) is 29.1. The molecule has 9 heteroatoms. The predicted octanol–water partition coefficient (Wildman–Crippen LogP) is 5.47. The third kappa shape index (κ3) is 9.20. The van der Waals surface area contributed by atoms with Gasteiger partial charge in [0, 0.05) is 36.9 Å². The van der Waals surface area contributed by atoms with E-state index >= 15 is 0 Å². The van der Waals surface area contributed by atoms with E-state index in [1.807, 2.05) is 80.6 Å². The Morgan fingerprint density at radius 2 is 1.62 bits per heavy atom. The van der Waals surface area contributed by atoms with E-state index < -0.39 is 16.1 Å². The SMILES string of the molecule is CCCNC(=O)C(Cc1ccccc1)N(Cc1cccc(Br)c1)C(=O)CCCN(c1ccccc1C)S(C)(=O)=O. The van der Waals surface area contributed by atoms with Crippen LogP contribution in [0.1, 0.15) is 42.9 Å². The molecule has 3 aromatic rings. The molecular weight excluding hydrogens is 590 g/mol. The van der Waals surface area contributed by atoms with Crippen LogP contribution in [0.5, 0.6) is 0 Å². The van der Waals surface area contributed by atoms with Gasteiger partial charge in [-0.3, -0.25) is 13.9 Å². The van der Waals surface area contributed by atoms with Crippen LogP contribution in [0.15, 0.2) is 83.3 Å². The molecule has 214 valence electrons. The van der Waals surface area contributed by atoms with Crippen molar-refractivity contribution in [3.05, 3.63) is 100 Å². The number of anilines is 1. The first-order valence-corrected chi connectivity index (χ1v) is 16.1. The van der Waals surface area contributed by atoms with Crippen molar-refractivity contribution in [1.29, 1.82) is 0 Å². The molecule has 1 N–H and O–H groups in total. The van der Waals surface area contributed by atoms with Crippen molar-refractivity contribution in [3.63, 3.8) is 0 Å². The molecule has 0 heterocycles. The summed E-state index contributed by atoms with van der Waals surface area (Å²) < 4.78 is 27.5. The number of carbonyl (C=O) groups excluding carboxylic acids is 2. The molecular formula is C31H38BrN3O4S. The Hall–Kier alpha value is -3.17. The Morgan fingerprint density at radius 1 is 0.950 bits per heavy atom. The standard InChI is InChI=1S/C31H38BrN3O4S/c1-4-19-33-31(37)29(22-25-13-6-5-7-14-25)34(23-26-15-10-16-27(32)21-26)30(36)18-11-20-35(40(3,38)39)28-17-9-8-12-24(28)2/h5-10,12-17,21,29H,4,11,18-20,22-23H2,1-3H3,(H,33,37). The molecule has 0 aliphatic rings. The van der Waals surface area contributed by atoms with Gasteiger partial charge in [0.15, 0.2) is 0 Å². The van der Waals surface area contributed by atoms with Gasteiger partial charge in [-0.2, -0.15) is 0 Å². The van der Waals surface area contributed by atoms with Gasteiger partial charge in [0.25, 0.3) is 0 Å². The quantitative estimate of drug-likeness (QED) is 0.257. The molecule has 3 rings (SSSR count). The summed E-state index contributed by atoms with van der Waals surface area (Å²) in [6, 6.07) is 23.9. The van der Waals surface area contributed by atoms with E-state index in [2.05, 4.69) is 21.2 Å². The zero-order valence-corrected chi connectivity index (χ0v) is 25.7. The van der Waals surface area contributed by atoms with Crippen molar-refractivity contribution in [2.75, 3.05) is 23.7 Å². The Morgan fingerprint density at radius 3 is 2.27 bits per heavy atom. The Balaban J connectivity index is 1.88. The number of aryl methyl sites for hydroxylation is 1. The summed E-state index contributed by atoms with van der Waals surface area (Å²) in [4.78, 5) is 28.9. The molecule has 0 saturated carbocycles. The lowest BCUT2D eigenvalue weighted by molar-refractivity contribution is -0.141. The van der Waals surface area contributed by atoms with Crippen molar-refractivity contribution in [1.82, 2.24) is 10.2 Å². The normalized spacial score (nSPS) is 12.0. The van der Waals surface area contributed by atoms with Crippen LogP contribution in [0.3, 0.4) is 0 Å². The maximum Gasteiger partial charge on any atom is 0.243 e. The van der Waals surface area contributed by atoms with E-state index in [9.17, 15) is 18.0 Å². The molecule has 0 aliphatic carbocycles. The molecule has 40 heavy (non-hydrogen) atoms. The highest BCUT2D eigenvalue weighted by Gasteiger charge is 2.30. The molecule has 0 radical (unpaired) electrons. The van der Waals surface area contributed by atoms with Gasteiger partial charge in [0.05, 0.1) is 11.9 Å². The summed E-state index contributed by atoms with van der Waals surface area (Å²) in [6.45, 7) is 4.78. The Bertz CT molecular complexity index is 1380. The third-order valence-electron chi connectivity index (χ3n) is 6.60. The minimum absolute atomic E-state index is 0.0955. The molecule has 0 spiro atoms. The van der Waals surface area contributed by atoms with Gasteiger partial charge in [-0.15, -0.1) is 0 Å². The van der Waals surface area contributed by atoms with E-state index in [4.69, 9.17) is 0 Å². The number of nitrogens with one attached hydrogen (secondary N) is 1. The average molecular weight is 629 g/mol. The van der Waals surface area contributed by atoms with Crippen LogP contribution in [0.2, 0.25) is 0 Å². The fraction of sp³-hybridized carbons (Fsp3) is 0.355. The summed E-state index contributed by atoms with van der Waals surface area (Å²) in [5, 5.41) is 2.98. The Labute approximate surface area is 246 Å². The van der Waals surface area contributed by atoms with Gasteiger partial charge >= 0.3 is 0 Å². The lowest BCUT2D eigenvalue weighted by atomic mass is 10.0. The fourth-order valence-electron chi connectivity index (χ4n) is 4.58. The lowest BCUT2D eigenvalue weighted by Crippen LogP contribution is -2.50. The van der Waals surface area contributed by atoms with Crippen LogP contribution in [0.25, 0.3) is 0 Å². The Kier molecular flexibility index (Phi) is 11.8. The number of carbonyl (C=O) groups is 2. The zero-order valence-electron chi connectivity index (χ0n) is 23.3. The molecule has 1 atom stereocenters. The minimum Gasteiger partial charge on any atom is -0.354 e. The molecule has 0 saturated heterocycles. The van der Waals surface area contributed by atoms with Crippen LogP contribution >= 0.6 is 15.9 Å².